The van der Waals surface area contributed by atoms with Crippen molar-refractivity contribution in [3.05, 3.63) is 24.0 Å². The SMILES string of the molecule is COc1ccc(-c2nnc3n2[C@@H]2CCCC[C@H]2N(C(=O)CN2CCCC2=O)C3)cc1OC. The summed E-state index contributed by atoms with van der Waals surface area (Å²) < 4.78 is 13.1. The van der Waals surface area contributed by atoms with Gasteiger partial charge in [0.2, 0.25) is 11.8 Å². The van der Waals surface area contributed by atoms with E-state index in [2.05, 4.69) is 14.8 Å². The van der Waals surface area contributed by atoms with E-state index in [-0.39, 0.29) is 30.4 Å². The number of benzene rings is 1. The Hall–Kier alpha value is -3.10. The molecule has 0 spiro atoms. The van der Waals surface area contributed by atoms with Gasteiger partial charge in [0.15, 0.2) is 23.1 Å². The van der Waals surface area contributed by atoms with E-state index < -0.39 is 0 Å². The Bertz CT molecular complexity index is 1040. The predicted octanol–water partition coefficient (Wildman–Crippen LogP) is 2.41. The molecule has 2 atom stereocenters. The summed E-state index contributed by atoms with van der Waals surface area (Å²) in [4.78, 5) is 28.9. The Kier molecular flexibility index (Phi) is 5.48. The Morgan fingerprint density at radius 3 is 2.56 bits per heavy atom. The molecule has 1 aromatic carbocycles. The highest BCUT2D eigenvalue weighted by Crippen LogP contribution is 2.41. The monoisotopic (exact) mass is 439 g/mol. The average molecular weight is 440 g/mol. The van der Waals surface area contributed by atoms with Crippen LogP contribution >= 0.6 is 0 Å². The second-order valence-corrected chi connectivity index (χ2v) is 8.74. The first-order valence-corrected chi connectivity index (χ1v) is 11.3. The van der Waals surface area contributed by atoms with Gasteiger partial charge < -0.3 is 23.8 Å². The maximum Gasteiger partial charge on any atom is 0.242 e. The Balaban J connectivity index is 1.47. The molecule has 9 heteroatoms. The number of hydrogen-bond donors (Lipinski definition) is 0. The van der Waals surface area contributed by atoms with Crippen molar-refractivity contribution in [3.8, 4) is 22.9 Å². The lowest BCUT2D eigenvalue weighted by Gasteiger charge is -2.45. The highest BCUT2D eigenvalue weighted by atomic mass is 16.5. The molecule has 2 amide bonds. The third-order valence-electron chi connectivity index (χ3n) is 6.96. The first kappa shape index (κ1) is 20.8. The van der Waals surface area contributed by atoms with Gasteiger partial charge in [0, 0.05) is 18.5 Å². The Labute approximate surface area is 187 Å². The molecule has 0 unspecified atom stereocenters. The number of aromatic nitrogens is 3. The van der Waals surface area contributed by atoms with Crippen LogP contribution in [0.25, 0.3) is 11.4 Å². The van der Waals surface area contributed by atoms with Crippen molar-refractivity contribution in [2.75, 3.05) is 27.3 Å². The number of rotatable bonds is 5. The number of likely N-dealkylation sites (tertiary alicyclic amines) is 1. The van der Waals surface area contributed by atoms with Gasteiger partial charge in [0.05, 0.1) is 39.4 Å². The van der Waals surface area contributed by atoms with Gasteiger partial charge in [-0.05, 0) is 37.5 Å². The number of hydrogen-bond acceptors (Lipinski definition) is 6. The topological polar surface area (TPSA) is 89.8 Å². The first-order valence-electron chi connectivity index (χ1n) is 11.3. The van der Waals surface area contributed by atoms with Crippen molar-refractivity contribution < 1.29 is 19.1 Å². The lowest BCUT2D eigenvalue weighted by molar-refractivity contribution is -0.142. The van der Waals surface area contributed by atoms with Crippen molar-refractivity contribution >= 4 is 11.8 Å². The summed E-state index contributed by atoms with van der Waals surface area (Å²) in [6, 6.07) is 5.98. The molecule has 3 heterocycles. The van der Waals surface area contributed by atoms with Crippen LogP contribution in [-0.2, 0) is 16.1 Å². The molecule has 5 rings (SSSR count). The van der Waals surface area contributed by atoms with Crippen LogP contribution in [-0.4, -0.2) is 69.7 Å². The van der Waals surface area contributed by atoms with Crippen molar-refractivity contribution in [2.45, 2.75) is 57.2 Å². The predicted molar refractivity (Wildman–Crippen MR) is 116 cm³/mol. The minimum absolute atomic E-state index is 0.0130. The van der Waals surface area contributed by atoms with Gasteiger partial charge in [-0.2, -0.15) is 0 Å². The van der Waals surface area contributed by atoms with Crippen LogP contribution in [0.15, 0.2) is 18.2 Å². The number of carbonyl (C=O) groups excluding carboxylic acids is 2. The Morgan fingerprint density at radius 2 is 1.84 bits per heavy atom. The number of fused-ring (bicyclic) bond motifs is 3. The molecule has 170 valence electrons. The molecule has 1 aliphatic carbocycles. The minimum atomic E-state index is 0.0130. The van der Waals surface area contributed by atoms with E-state index >= 15 is 0 Å². The van der Waals surface area contributed by atoms with Crippen LogP contribution < -0.4 is 9.47 Å². The standard InChI is InChI=1S/C23H29N5O4/c1-31-18-10-9-15(12-19(18)32-2)23-25-24-20-13-27(16-6-3-4-7-17(16)28(20)23)22(30)14-26-11-5-8-21(26)29/h9-10,12,16-17H,3-8,11,13-14H2,1-2H3/t16-,17-/m1/s1. The van der Waals surface area contributed by atoms with E-state index in [1.165, 1.54) is 0 Å². The van der Waals surface area contributed by atoms with Crippen LogP contribution in [0.1, 0.15) is 50.4 Å². The highest BCUT2D eigenvalue weighted by Gasteiger charge is 2.41. The van der Waals surface area contributed by atoms with Crippen LogP contribution in [0.4, 0.5) is 0 Å². The fourth-order valence-corrected chi connectivity index (χ4v) is 5.38. The third-order valence-corrected chi connectivity index (χ3v) is 6.96. The van der Waals surface area contributed by atoms with Gasteiger partial charge in [0.25, 0.3) is 0 Å². The number of methoxy groups -OCH3 is 2. The zero-order chi connectivity index (χ0) is 22.2. The molecule has 3 aliphatic rings. The maximum absolute atomic E-state index is 13.2. The zero-order valence-corrected chi connectivity index (χ0v) is 18.6. The molecule has 1 saturated heterocycles. The largest absolute Gasteiger partial charge is 0.493 e. The molecule has 0 bridgehead atoms. The van der Waals surface area contributed by atoms with Gasteiger partial charge in [-0.1, -0.05) is 12.8 Å². The molecule has 32 heavy (non-hydrogen) atoms. The summed E-state index contributed by atoms with van der Waals surface area (Å²) in [5, 5.41) is 8.98. The van der Waals surface area contributed by atoms with E-state index in [1.807, 2.05) is 23.1 Å². The normalized spacial score (nSPS) is 22.5. The molecule has 1 saturated carbocycles. The molecular weight excluding hydrogens is 410 g/mol. The second-order valence-electron chi connectivity index (χ2n) is 8.74. The number of carbonyl (C=O) groups is 2. The molecular formula is C23H29N5O4. The summed E-state index contributed by atoms with van der Waals surface area (Å²) in [7, 11) is 3.23. The van der Waals surface area contributed by atoms with Crippen LogP contribution in [0.2, 0.25) is 0 Å². The lowest BCUT2D eigenvalue weighted by Crippen LogP contribution is -2.53. The molecule has 9 nitrogen and oxygen atoms in total. The summed E-state index contributed by atoms with van der Waals surface area (Å²) in [5.41, 5.74) is 0.910. The second kappa shape index (κ2) is 8.44. The molecule has 2 aliphatic heterocycles. The lowest BCUT2D eigenvalue weighted by atomic mass is 9.87. The summed E-state index contributed by atoms with van der Waals surface area (Å²) in [6.45, 7) is 1.26. The molecule has 1 aromatic heterocycles. The van der Waals surface area contributed by atoms with E-state index in [1.54, 1.807) is 19.1 Å². The smallest absolute Gasteiger partial charge is 0.242 e. The average Bonchev–Trinajstić information content (AvgIpc) is 3.44. The van der Waals surface area contributed by atoms with Crippen molar-refractivity contribution in [3.63, 3.8) is 0 Å². The van der Waals surface area contributed by atoms with Crippen molar-refractivity contribution in [1.82, 2.24) is 24.6 Å². The quantitative estimate of drug-likeness (QED) is 0.711. The van der Waals surface area contributed by atoms with E-state index in [0.29, 0.717) is 31.0 Å². The molecule has 0 N–H and O–H groups in total. The fourth-order valence-electron chi connectivity index (χ4n) is 5.38. The summed E-state index contributed by atoms with van der Waals surface area (Å²) in [6.07, 6.45) is 5.51. The first-order chi connectivity index (χ1) is 15.6. The highest BCUT2D eigenvalue weighted by molar-refractivity contribution is 5.86. The summed E-state index contributed by atoms with van der Waals surface area (Å²) >= 11 is 0. The van der Waals surface area contributed by atoms with Crippen LogP contribution in [0, 0.1) is 0 Å². The van der Waals surface area contributed by atoms with Gasteiger partial charge in [0.1, 0.15) is 0 Å². The number of ether oxygens (including phenoxy) is 2. The number of amides is 2. The summed E-state index contributed by atoms with van der Waals surface area (Å²) in [5.74, 6) is 2.98. The van der Waals surface area contributed by atoms with E-state index in [4.69, 9.17) is 9.47 Å². The number of nitrogens with zero attached hydrogens (tertiary/aromatic N) is 5. The van der Waals surface area contributed by atoms with E-state index in [9.17, 15) is 9.59 Å². The van der Waals surface area contributed by atoms with Gasteiger partial charge in [-0.3, -0.25) is 9.59 Å². The Morgan fingerprint density at radius 1 is 1.06 bits per heavy atom. The molecule has 0 radical (unpaired) electrons. The zero-order valence-electron chi connectivity index (χ0n) is 18.6. The van der Waals surface area contributed by atoms with Gasteiger partial charge in [-0.25, -0.2) is 0 Å². The third kappa shape index (κ3) is 3.49. The maximum atomic E-state index is 13.2. The van der Waals surface area contributed by atoms with Crippen molar-refractivity contribution in [2.24, 2.45) is 0 Å². The molecule has 2 fully saturated rings. The minimum Gasteiger partial charge on any atom is -0.493 e. The molecule has 2 aromatic rings. The van der Waals surface area contributed by atoms with Gasteiger partial charge >= 0.3 is 0 Å². The van der Waals surface area contributed by atoms with Crippen LogP contribution in [0.3, 0.4) is 0 Å². The fraction of sp³-hybridized carbons (Fsp3) is 0.565. The van der Waals surface area contributed by atoms with Crippen molar-refractivity contribution in [1.29, 1.82) is 0 Å². The van der Waals surface area contributed by atoms with E-state index in [0.717, 1.165) is 49.3 Å². The van der Waals surface area contributed by atoms with Crippen LogP contribution in [0.5, 0.6) is 11.5 Å². The van der Waals surface area contributed by atoms with Gasteiger partial charge in [-0.15, -0.1) is 10.2 Å².